The van der Waals surface area contributed by atoms with E-state index in [4.69, 9.17) is 9.84 Å². The van der Waals surface area contributed by atoms with Crippen LogP contribution in [0.25, 0.3) is 0 Å². The van der Waals surface area contributed by atoms with Crippen molar-refractivity contribution in [2.75, 3.05) is 7.05 Å². The number of aryl methyl sites for hydroxylation is 2. The number of hydrogen-bond acceptors (Lipinski definition) is 3. The first-order valence-electron chi connectivity index (χ1n) is 7.08. The Hall–Kier alpha value is -1.88. The van der Waals surface area contributed by atoms with E-state index in [1.807, 2.05) is 26.0 Å². The van der Waals surface area contributed by atoms with Gasteiger partial charge < -0.3 is 14.7 Å². The highest BCUT2D eigenvalue weighted by Crippen LogP contribution is 2.22. The number of rotatable bonds is 4. The van der Waals surface area contributed by atoms with Crippen LogP contribution in [-0.4, -0.2) is 41.1 Å². The summed E-state index contributed by atoms with van der Waals surface area (Å²) in [5.74, 6) is -1.15. The van der Waals surface area contributed by atoms with E-state index in [1.165, 1.54) is 0 Å². The topological polar surface area (TPSA) is 66.8 Å². The van der Waals surface area contributed by atoms with Crippen LogP contribution in [-0.2, 0) is 20.9 Å². The molecule has 1 aromatic carbocycles. The van der Waals surface area contributed by atoms with Crippen molar-refractivity contribution in [3.63, 3.8) is 0 Å². The molecule has 1 aromatic rings. The highest BCUT2D eigenvalue weighted by atomic mass is 16.5. The number of aliphatic carboxylic acids is 1. The van der Waals surface area contributed by atoms with Gasteiger partial charge in [0.25, 0.3) is 5.91 Å². The summed E-state index contributed by atoms with van der Waals surface area (Å²) in [5, 5.41) is 8.90. The number of benzene rings is 1. The van der Waals surface area contributed by atoms with E-state index in [0.717, 1.165) is 16.7 Å². The van der Waals surface area contributed by atoms with Crippen molar-refractivity contribution < 1.29 is 19.4 Å². The Morgan fingerprint density at radius 1 is 1.29 bits per heavy atom. The van der Waals surface area contributed by atoms with Crippen LogP contribution in [0, 0.1) is 13.8 Å². The van der Waals surface area contributed by atoms with Crippen molar-refractivity contribution in [2.24, 2.45) is 0 Å². The molecule has 0 radical (unpaired) electrons. The van der Waals surface area contributed by atoms with Crippen molar-refractivity contribution in [3.05, 3.63) is 34.9 Å². The molecule has 0 spiro atoms. The Kier molecular flexibility index (Phi) is 4.63. The number of carbonyl (C=O) groups excluding carboxylic acids is 1. The third-order valence-corrected chi connectivity index (χ3v) is 3.86. The molecule has 0 unspecified atom stereocenters. The minimum absolute atomic E-state index is 0.153. The molecule has 2 atom stereocenters. The summed E-state index contributed by atoms with van der Waals surface area (Å²) in [4.78, 5) is 24.8. The molecule has 1 amide bonds. The summed E-state index contributed by atoms with van der Waals surface area (Å²) in [7, 11) is 1.72. The average Bonchev–Trinajstić information content (AvgIpc) is 2.91. The molecule has 5 nitrogen and oxygen atoms in total. The number of ether oxygens (including phenoxy) is 1. The molecule has 0 aromatic heterocycles. The van der Waals surface area contributed by atoms with Gasteiger partial charge >= 0.3 is 5.97 Å². The smallest absolute Gasteiger partial charge is 0.332 e. The van der Waals surface area contributed by atoms with Crippen LogP contribution in [0.2, 0.25) is 0 Å². The quantitative estimate of drug-likeness (QED) is 0.920. The van der Waals surface area contributed by atoms with E-state index in [-0.39, 0.29) is 5.91 Å². The maximum absolute atomic E-state index is 12.3. The summed E-state index contributed by atoms with van der Waals surface area (Å²) < 4.78 is 5.31. The van der Waals surface area contributed by atoms with Crippen molar-refractivity contribution in [3.8, 4) is 0 Å². The molecule has 2 rings (SSSR count). The maximum Gasteiger partial charge on any atom is 0.332 e. The van der Waals surface area contributed by atoms with Gasteiger partial charge in [-0.1, -0.05) is 23.8 Å². The van der Waals surface area contributed by atoms with Gasteiger partial charge in [0.1, 0.15) is 6.10 Å². The molecule has 21 heavy (non-hydrogen) atoms. The molecule has 1 N–H and O–H groups in total. The Labute approximate surface area is 124 Å². The summed E-state index contributed by atoms with van der Waals surface area (Å²) in [6.45, 7) is 4.53. The van der Waals surface area contributed by atoms with E-state index in [1.54, 1.807) is 11.9 Å². The first-order valence-corrected chi connectivity index (χ1v) is 7.08. The van der Waals surface area contributed by atoms with Crippen molar-refractivity contribution >= 4 is 11.9 Å². The molecular formula is C16H21NO4. The Bertz CT molecular complexity index is 555. The van der Waals surface area contributed by atoms with Crippen LogP contribution >= 0.6 is 0 Å². The third kappa shape index (κ3) is 3.61. The number of nitrogens with zero attached hydrogens (tertiary/aromatic N) is 1. The number of amides is 1. The van der Waals surface area contributed by atoms with Crippen molar-refractivity contribution in [2.45, 2.75) is 45.4 Å². The standard InChI is InChI=1S/C16H21NO4/c1-10-4-5-11(2)12(8-10)9-17(3)15(18)13-6-7-14(21-13)16(19)20/h4-5,8,13-14H,6-7,9H2,1-3H3,(H,19,20)/t13-,14+/m0/s1. The predicted octanol–water partition coefficient (Wildman–Crippen LogP) is 1.89. The summed E-state index contributed by atoms with van der Waals surface area (Å²) in [6, 6.07) is 6.14. The van der Waals surface area contributed by atoms with Crippen LogP contribution in [0.4, 0.5) is 0 Å². The number of carbonyl (C=O) groups is 2. The van der Waals surface area contributed by atoms with E-state index < -0.39 is 18.2 Å². The molecule has 0 aliphatic carbocycles. The molecular weight excluding hydrogens is 270 g/mol. The SMILES string of the molecule is Cc1ccc(C)c(CN(C)C(=O)[C@@H]2CC[C@H](C(=O)O)O2)c1. The molecule has 1 fully saturated rings. The predicted molar refractivity (Wildman–Crippen MR) is 77.9 cm³/mol. The second-order valence-corrected chi connectivity index (χ2v) is 5.65. The Balaban J connectivity index is 2.00. The molecule has 5 heteroatoms. The second-order valence-electron chi connectivity index (χ2n) is 5.65. The zero-order chi connectivity index (χ0) is 15.6. The van der Waals surface area contributed by atoms with Crippen LogP contribution < -0.4 is 0 Å². The van der Waals surface area contributed by atoms with E-state index in [0.29, 0.717) is 19.4 Å². The zero-order valence-electron chi connectivity index (χ0n) is 12.6. The van der Waals surface area contributed by atoms with Gasteiger partial charge in [-0.25, -0.2) is 4.79 Å². The summed E-state index contributed by atoms with van der Waals surface area (Å²) in [6.07, 6.45) is -0.634. The molecule has 1 heterocycles. The van der Waals surface area contributed by atoms with E-state index in [2.05, 4.69) is 6.07 Å². The fourth-order valence-electron chi connectivity index (χ4n) is 2.55. The van der Waals surface area contributed by atoms with Gasteiger partial charge in [0.2, 0.25) is 0 Å². The molecule has 114 valence electrons. The van der Waals surface area contributed by atoms with E-state index >= 15 is 0 Å². The first kappa shape index (κ1) is 15.5. The highest BCUT2D eigenvalue weighted by Gasteiger charge is 2.36. The lowest BCUT2D eigenvalue weighted by atomic mass is 10.0. The first-order chi connectivity index (χ1) is 9.88. The fourth-order valence-corrected chi connectivity index (χ4v) is 2.55. The fraction of sp³-hybridized carbons (Fsp3) is 0.500. The summed E-state index contributed by atoms with van der Waals surface area (Å²) >= 11 is 0. The zero-order valence-corrected chi connectivity index (χ0v) is 12.6. The monoisotopic (exact) mass is 291 g/mol. The van der Waals surface area contributed by atoms with Crippen LogP contribution in [0.15, 0.2) is 18.2 Å². The van der Waals surface area contributed by atoms with Gasteiger partial charge in [-0.2, -0.15) is 0 Å². The van der Waals surface area contributed by atoms with Crippen molar-refractivity contribution in [1.29, 1.82) is 0 Å². The lowest BCUT2D eigenvalue weighted by molar-refractivity contribution is -0.154. The molecule has 1 aliphatic heterocycles. The lowest BCUT2D eigenvalue weighted by Crippen LogP contribution is -2.37. The van der Waals surface area contributed by atoms with Gasteiger partial charge in [0, 0.05) is 13.6 Å². The van der Waals surface area contributed by atoms with Gasteiger partial charge in [0.05, 0.1) is 0 Å². The van der Waals surface area contributed by atoms with Gasteiger partial charge in [-0.15, -0.1) is 0 Å². The molecule has 0 bridgehead atoms. The molecule has 0 saturated carbocycles. The molecule has 1 saturated heterocycles. The van der Waals surface area contributed by atoms with Gasteiger partial charge in [-0.05, 0) is 37.8 Å². The lowest BCUT2D eigenvalue weighted by Gasteiger charge is -2.22. The normalized spacial score (nSPS) is 21.3. The van der Waals surface area contributed by atoms with Crippen LogP contribution in [0.5, 0.6) is 0 Å². The maximum atomic E-state index is 12.3. The second kappa shape index (κ2) is 6.26. The Morgan fingerprint density at radius 3 is 2.57 bits per heavy atom. The average molecular weight is 291 g/mol. The number of carboxylic acids is 1. The highest BCUT2D eigenvalue weighted by molar-refractivity contribution is 5.82. The van der Waals surface area contributed by atoms with Gasteiger partial charge in [0.15, 0.2) is 6.10 Å². The van der Waals surface area contributed by atoms with Crippen LogP contribution in [0.1, 0.15) is 29.5 Å². The number of hydrogen-bond donors (Lipinski definition) is 1. The van der Waals surface area contributed by atoms with E-state index in [9.17, 15) is 9.59 Å². The number of carboxylic acid groups (broad SMARTS) is 1. The van der Waals surface area contributed by atoms with Crippen LogP contribution in [0.3, 0.4) is 0 Å². The largest absolute Gasteiger partial charge is 0.479 e. The third-order valence-electron chi connectivity index (χ3n) is 3.86. The van der Waals surface area contributed by atoms with Gasteiger partial charge in [-0.3, -0.25) is 4.79 Å². The minimum Gasteiger partial charge on any atom is -0.479 e. The number of likely N-dealkylation sites (N-methyl/N-ethyl adjacent to an activating group) is 1. The Morgan fingerprint density at radius 2 is 1.95 bits per heavy atom. The molecule has 1 aliphatic rings. The summed E-state index contributed by atoms with van der Waals surface area (Å²) in [5.41, 5.74) is 3.38. The minimum atomic E-state index is -0.998. The van der Waals surface area contributed by atoms with Crippen molar-refractivity contribution in [1.82, 2.24) is 4.90 Å².